The Balaban J connectivity index is 1.41. The first kappa shape index (κ1) is 37.6. The largest absolute Gasteiger partial charge is 0.480 e. The van der Waals surface area contributed by atoms with E-state index in [1.165, 1.54) is 0 Å². The monoisotopic (exact) mass is 676 g/mol. The van der Waals surface area contributed by atoms with Gasteiger partial charge in [0.1, 0.15) is 13.2 Å². The molecule has 0 aromatic heterocycles. The summed E-state index contributed by atoms with van der Waals surface area (Å²) in [7, 11) is 0. The van der Waals surface area contributed by atoms with E-state index in [1.807, 2.05) is 106 Å². The number of ether oxygens (including phenoxy) is 3. The van der Waals surface area contributed by atoms with Crippen molar-refractivity contribution in [3.8, 4) is 0 Å². The second kappa shape index (κ2) is 21.0. The van der Waals surface area contributed by atoms with Gasteiger partial charge in [0.15, 0.2) is 6.29 Å². The lowest BCUT2D eigenvalue weighted by Crippen LogP contribution is -2.49. The van der Waals surface area contributed by atoms with E-state index in [0.717, 1.165) is 16.7 Å². The Labute approximate surface area is 288 Å². The summed E-state index contributed by atoms with van der Waals surface area (Å²) in [5.41, 5.74) is 2.73. The normalized spacial score (nSPS) is 16.6. The van der Waals surface area contributed by atoms with Crippen LogP contribution in [0.15, 0.2) is 91.0 Å². The molecule has 0 radical (unpaired) electrons. The fourth-order valence-electron chi connectivity index (χ4n) is 5.40. The molecular formula is C37H48N4O8. The van der Waals surface area contributed by atoms with E-state index in [2.05, 4.69) is 4.90 Å². The summed E-state index contributed by atoms with van der Waals surface area (Å²) in [4.78, 5) is 45.3. The summed E-state index contributed by atoms with van der Waals surface area (Å²) in [6.45, 7) is 4.26. The zero-order valence-corrected chi connectivity index (χ0v) is 28.0. The first-order valence-corrected chi connectivity index (χ1v) is 16.7. The van der Waals surface area contributed by atoms with Gasteiger partial charge in [0.25, 0.3) is 0 Å². The second-order valence-corrected chi connectivity index (χ2v) is 12.1. The molecule has 1 unspecified atom stereocenters. The van der Waals surface area contributed by atoms with Gasteiger partial charge in [-0.1, -0.05) is 91.0 Å². The minimum Gasteiger partial charge on any atom is -0.480 e. The zero-order valence-electron chi connectivity index (χ0n) is 28.0. The molecule has 0 amide bonds. The number of aliphatic hydroxyl groups excluding tert-OH is 1. The predicted octanol–water partition coefficient (Wildman–Crippen LogP) is 2.31. The number of aliphatic carboxylic acids is 1. The highest BCUT2D eigenvalue weighted by Gasteiger charge is 2.22. The van der Waals surface area contributed by atoms with E-state index >= 15 is 0 Å². The van der Waals surface area contributed by atoms with Gasteiger partial charge >= 0.3 is 17.9 Å². The van der Waals surface area contributed by atoms with Crippen molar-refractivity contribution < 1.29 is 38.8 Å². The second-order valence-electron chi connectivity index (χ2n) is 12.1. The molecule has 1 aliphatic heterocycles. The fourth-order valence-corrected chi connectivity index (χ4v) is 5.40. The number of esters is 2. The van der Waals surface area contributed by atoms with Crippen LogP contribution >= 0.6 is 0 Å². The Morgan fingerprint density at radius 2 is 0.878 bits per heavy atom. The van der Waals surface area contributed by atoms with Gasteiger partial charge in [-0.15, -0.1) is 0 Å². The summed E-state index contributed by atoms with van der Waals surface area (Å²) < 4.78 is 16.9. The average Bonchev–Trinajstić information content (AvgIpc) is 3.11. The van der Waals surface area contributed by atoms with Crippen LogP contribution in [0.3, 0.4) is 0 Å². The highest BCUT2D eigenvalue weighted by Crippen LogP contribution is 2.08. The van der Waals surface area contributed by atoms with Crippen molar-refractivity contribution in [3.63, 3.8) is 0 Å². The summed E-state index contributed by atoms with van der Waals surface area (Å²) in [6.07, 6.45) is -1.06. The molecular weight excluding hydrogens is 628 g/mol. The number of β-amino-alcohol motifs (C(OH)–C–C–N with tert-alkyl or cyclic N) is 1. The number of carboxylic acids is 1. The van der Waals surface area contributed by atoms with Crippen LogP contribution in [-0.4, -0.2) is 133 Å². The van der Waals surface area contributed by atoms with Crippen LogP contribution in [0, 0.1) is 0 Å². The molecule has 3 aromatic carbocycles. The molecule has 1 fully saturated rings. The van der Waals surface area contributed by atoms with Gasteiger partial charge in [-0.25, -0.2) is 0 Å². The molecule has 4 rings (SSSR count). The van der Waals surface area contributed by atoms with Gasteiger partial charge in [-0.3, -0.25) is 34.0 Å². The maximum atomic E-state index is 12.9. The number of hydrogen-bond donors (Lipinski definition) is 2. The van der Waals surface area contributed by atoms with Crippen LogP contribution in [-0.2, 0) is 48.4 Å². The van der Waals surface area contributed by atoms with Crippen molar-refractivity contribution in [1.82, 2.24) is 19.6 Å². The van der Waals surface area contributed by atoms with Crippen LogP contribution in [0.1, 0.15) is 16.7 Å². The van der Waals surface area contributed by atoms with Gasteiger partial charge in [0, 0.05) is 58.9 Å². The van der Waals surface area contributed by atoms with Crippen molar-refractivity contribution in [2.75, 3.05) is 78.5 Å². The summed E-state index contributed by atoms with van der Waals surface area (Å²) in [5, 5.41) is 20.5. The summed E-state index contributed by atoms with van der Waals surface area (Å²) in [5.74, 6) is -1.71. The molecule has 1 heterocycles. The van der Waals surface area contributed by atoms with Gasteiger partial charge in [-0.05, 0) is 16.7 Å². The lowest BCUT2D eigenvalue weighted by atomic mass is 10.2. The third-order valence-electron chi connectivity index (χ3n) is 8.18. The Morgan fingerprint density at radius 1 is 0.531 bits per heavy atom. The van der Waals surface area contributed by atoms with Crippen LogP contribution < -0.4 is 0 Å². The number of carboxylic acid groups (broad SMARTS) is 1. The highest BCUT2D eigenvalue weighted by atomic mass is 16.6. The first-order chi connectivity index (χ1) is 23.8. The summed E-state index contributed by atoms with van der Waals surface area (Å²) >= 11 is 0. The quantitative estimate of drug-likeness (QED) is 0.181. The van der Waals surface area contributed by atoms with Crippen LogP contribution in [0.5, 0.6) is 0 Å². The molecule has 2 N–H and O–H groups in total. The highest BCUT2D eigenvalue weighted by molar-refractivity contribution is 5.72. The molecule has 1 saturated heterocycles. The van der Waals surface area contributed by atoms with E-state index in [-0.39, 0.29) is 57.9 Å². The Kier molecular flexibility index (Phi) is 16.2. The van der Waals surface area contributed by atoms with E-state index in [1.54, 1.807) is 0 Å². The molecule has 1 atom stereocenters. The minimum atomic E-state index is -1.06. The Morgan fingerprint density at radius 3 is 1.27 bits per heavy atom. The number of nitrogens with zero attached hydrogens (tertiary/aromatic N) is 4. The van der Waals surface area contributed by atoms with Crippen molar-refractivity contribution in [2.45, 2.75) is 26.1 Å². The average molecular weight is 677 g/mol. The zero-order chi connectivity index (χ0) is 34.7. The van der Waals surface area contributed by atoms with Gasteiger partial charge in [0.2, 0.25) is 0 Å². The van der Waals surface area contributed by atoms with Crippen molar-refractivity contribution in [3.05, 3.63) is 108 Å². The van der Waals surface area contributed by atoms with Crippen molar-refractivity contribution >= 4 is 17.9 Å². The van der Waals surface area contributed by atoms with Crippen molar-refractivity contribution in [2.24, 2.45) is 0 Å². The maximum absolute atomic E-state index is 12.9. The minimum absolute atomic E-state index is 0.0357. The number of carbonyl (C=O) groups excluding carboxylic acids is 2. The van der Waals surface area contributed by atoms with Crippen LogP contribution in [0.2, 0.25) is 0 Å². The molecule has 0 saturated carbocycles. The Hall–Kier alpha value is -4.17. The third-order valence-corrected chi connectivity index (χ3v) is 8.18. The number of hydrogen-bond acceptors (Lipinski definition) is 11. The number of benzene rings is 3. The van der Waals surface area contributed by atoms with Crippen LogP contribution in [0.4, 0.5) is 0 Å². The van der Waals surface area contributed by atoms with E-state index in [4.69, 9.17) is 14.2 Å². The number of carbonyl (C=O) groups is 3. The molecule has 0 spiro atoms. The smallest absolute Gasteiger partial charge is 0.320 e. The topological polar surface area (TPSA) is 132 Å². The Bertz CT molecular complexity index is 1330. The van der Waals surface area contributed by atoms with Crippen molar-refractivity contribution in [1.29, 1.82) is 0 Å². The molecule has 264 valence electrons. The SMILES string of the molecule is O=C(O)CN1CCN(CC(=O)OCc2ccccc2)CCN(CC(O)OCc2ccccc2)CCN(CC(=O)OCc2ccccc2)CC1. The lowest BCUT2D eigenvalue weighted by Gasteiger charge is -2.34. The third kappa shape index (κ3) is 15.3. The molecule has 12 nitrogen and oxygen atoms in total. The number of rotatable bonds is 15. The fraction of sp³-hybridized carbons (Fsp3) is 0.432. The lowest BCUT2D eigenvalue weighted by molar-refractivity contribution is -0.147. The number of aliphatic hydroxyl groups is 1. The van der Waals surface area contributed by atoms with E-state index < -0.39 is 12.3 Å². The van der Waals surface area contributed by atoms with Gasteiger partial charge in [-0.2, -0.15) is 0 Å². The molecule has 3 aromatic rings. The predicted molar refractivity (Wildman–Crippen MR) is 183 cm³/mol. The van der Waals surface area contributed by atoms with E-state index in [0.29, 0.717) is 52.4 Å². The molecule has 1 aliphatic rings. The first-order valence-electron chi connectivity index (χ1n) is 16.7. The molecule has 0 aliphatic carbocycles. The summed E-state index contributed by atoms with van der Waals surface area (Å²) in [6, 6.07) is 28.5. The van der Waals surface area contributed by atoms with Gasteiger partial charge < -0.3 is 24.4 Å². The van der Waals surface area contributed by atoms with E-state index in [9.17, 15) is 24.6 Å². The van der Waals surface area contributed by atoms with Crippen LogP contribution in [0.25, 0.3) is 0 Å². The maximum Gasteiger partial charge on any atom is 0.320 e. The molecule has 0 bridgehead atoms. The molecule has 49 heavy (non-hydrogen) atoms. The standard InChI is InChI=1S/C37H48N4O8/c42-34(43)24-38-16-18-39(25-35(44)47-28-31-10-4-1-5-11-31)20-22-41(27-37(46)49-30-33-14-8-3-9-15-33)23-21-40(19-17-38)26-36(45)48-29-32-12-6-2-7-13-32/h1-15,37,46H,16-30H2,(H,42,43). The van der Waals surface area contributed by atoms with Gasteiger partial charge in [0.05, 0.1) is 26.2 Å². The molecule has 12 heteroatoms.